The maximum atomic E-state index is 11.6. The van der Waals surface area contributed by atoms with Crippen LogP contribution in [0.1, 0.15) is 19.3 Å². The lowest BCUT2D eigenvalue weighted by Gasteiger charge is -2.11. The van der Waals surface area contributed by atoms with Gasteiger partial charge >= 0.3 is 0 Å². The number of amides is 1. The average Bonchev–Trinajstić information content (AvgIpc) is 2.89. The van der Waals surface area contributed by atoms with Gasteiger partial charge in [-0.15, -0.1) is 0 Å². The highest BCUT2D eigenvalue weighted by molar-refractivity contribution is 5.76. The second-order valence-electron chi connectivity index (χ2n) is 4.52. The fraction of sp³-hybridized carbons (Fsp3) is 0.500. The molecule has 1 unspecified atom stereocenters. The van der Waals surface area contributed by atoms with E-state index in [9.17, 15) is 4.79 Å². The van der Waals surface area contributed by atoms with Crippen molar-refractivity contribution in [2.24, 2.45) is 0 Å². The summed E-state index contributed by atoms with van der Waals surface area (Å²) in [5, 5.41) is 6.25. The number of para-hydroxylation sites is 1. The normalized spacial score (nSPS) is 18.6. The van der Waals surface area contributed by atoms with Crippen LogP contribution in [0.3, 0.4) is 0 Å². The lowest BCUT2D eigenvalue weighted by atomic mass is 10.2. The SMILES string of the molecule is O=C(CCCOc1ccccc1)NC1CCNC1. The molecule has 1 aliphatic rings. The van der Waals surface area contributed by atoms with Crippen molar-refractivity contribution < 1.29 is 9.53 Å². The van der Waals surface area contributed by atoms with E-state index in [2.05, 4.69) is 10.6 Å². The van der Waals surface area contributed by atoms with Crippen LogP contribution in [0.25, 0.3) is 0 Å². The van der Waals surface area contributed by atoms with E-state index >= 15 is 0 Å². The Balaban J connectivity index is 1.56. The second-order valence-corrected chi connectivity index (χ2v) is 4.52. The third-order valence-corrected chi connectivity index (χ3v) is 2.99. The molecule has 0 saturated carbocycles. The zero-order valence-electron chi connectivity index (χ0n) is 10.5. The Kier molecular flexibility index (Phi) is 5.02. The van der Waals surface area contributed by atoms with Crippen molar-refractivity contribution in [2.75, 3.05) is 19.7 Å². The van der Waals surface area contributed by atoms with Crippen molar-refractivity contribution in [2.45, 2.75) is 25.3 Å². The van der Waals surface area contributed by atoms with Gasteiger partial charge in [0, 0.05) is 19.0 Å². The van der Waals surface area contributed by atoms with E-state index in [1.165, 1.54) is 0 Å². The molecule has 1 aromatic carbocycles. The van der Waals surface area contributed by atoms with Gasteiger partial charge in [0.25, 0.3) is 0 Å². The van der Waals surface area contributed by atoms with E-state index in [1.807, 2.05) is 30.3 Å². The van der Waals surface area contributed by atoms with Gasteiger partial charge in [-0.05, 0) is 31.5 Å². The van der Waals surface area contributed by atoms with Gasteiger partial charge in [-0.25, -0.2) is 0 Å². The standard InChI is InChI=1S/C14H20N2O2/c17-14(16-12-8-9-15-11-12)7-4-10-18-13-5-2-1-3-6-13/h1-3,5-6,12,15H,4,7-11H2,(H,16,17). The highest BCUT2D eigenvalue weighted by Gasteiger charge is 2.15. The van der Waals surface area contributed by atoms with Crippen LogP contribution in [0, 0.1) is 0 Å². The van der Waals surface area contributed by atoms with Gasteiger partial charge in [0.15, 0.2) is 0 Å². The summed E-state index contributed by atoms with van der Waals surface area (Å²) in [6.45, 7) is 2.48. The Labute approximate surface area is 108 Å². The summed E-state index contributed by atoms with van der Waals surface area (Å²) < 4.78 is 5.53. The predicted octanol–water partition coefficient (Wildman–Crippen LogP) is 1.32. The molecule has 0 radical (unpaired) electrons. The summed E-state index contributed by atoms with van der Waals surface area (Å²) in [5.74, 6) is 0.985. The Morgan fingerprint density at radius 1 is 1.39 bits per heavy atom. The molecule has 1 aliphatic heterocycles. The number of carbonyl (C=O) groups excluding carboxylic acids is 1. The molecule has 0 spiro atoms. The fourth-order valence-corrected chi connectivity index (χ4v) is 2.02. The van der Waals surface area contributed by atoms with Crippen molar-refractivity contribution in [3.05, 3.63) is 30.3 Å². The Hall–Kier alpha value is -1.55. The molecule has 98 valence electrons. The summed E-state index contributed by atoms with van der Waals surface area (Å²) in [5.41, 5.74) is 0. The molecular weight excluding hydrogens is 228 g/mol. The molecule has 0 bridgehead atoms. The van der Waals surface area contributed by atoms with E-state index in [0.717, 1.165) is 31.7 Å². The summed E-state index contributed by atoms with van der Waals surface area (Å²) in [6.07, 6.45) is 2.32. The van der Waals surface area contributed by atoms with Crippen molar-refractivity contribution in [1.29, 1.82) is 0 Å². The van der Waals surface area contributed by atoms with Crippen LogP contribution in [-0.4, -0.2) is 31.6 Å². The van der Waals surface area contributed by atoms with Crippen LogP contribution in [-0.2, 0) is 4.79 Å². The topological polar surface area (TPSA) is 50.4 Å². The fourth-order valence-electron chi connectivity index (χ4n) is 2.02. The van der Waals surface area contributed by atoms with Gasteiger partial charge in [-0.2, -0.15) is 0 Å². The molecular formula is C14H20N2O2. The molecule has 1 atom stereocenters. The molecule has 1 aromatic rings. The third-order valence-electron chi connectivity index (χ3n) is 2.99. The third kappa shape index (κ3) is 4.37. The van der Waals surface area contributed by atoms with E-state index in [1.54, 1.807) is 0 Å². The first-order valence-corrected chi connectivity index (χ1v) is 6.52. The largest absolute Gasteiger partial charge is 0.494 e. The predicted molar refractivity (Wildman–Crippen MR) is 70.6 cm³/mol. The van der Waals surface area contributed by atoms with Gasteiger partial charge in [0.05, 0.1) is 6.61 Å². The molecule has 18 heavy (non-hydrogen) atoms. The summed E-state index contributed by atoms with van der Waals surface area (Å²) in [4.78, 5) is 11.6. The summed E-state index contributed by atoms with van der Waals surface area (Å²) >= 11 is 0. The van der Waals surface area contributed by atoms with Gasteiger partial charge in [0.2, 0.25) is 5.91 Å². The first-order chi connectivity index (χ1) is 8.84. The molecule has 1 amide bonds. The Morgan fingerprint density at radius 2 is 2.22 bits per heavy atom. The lowest BCUT2D eigenvalue weighted by molar-refractivity contribution is -0.121. The van der Waals surface area contributed by atoms with E-state index in [4.69, 9.17) is 4.74 Å². The van der Waals surface area contributed by atoms with E-state index in [0.29, 0.717) is 19.1 Å². The van der Waals surface area contributed by atoms with Crippen molar-refractivity contribution in [3.8, 4) is 5.75 Å². The van der Waals surface area contributed by atoms with Crippen LogP contribution in [0.4, 0.5) is 0 Å². The quantitative estimate of drug-likeness (QED) is 0.747. The molecule has 0 aliphatic carbocycles. The molecule has 1 fully saturated rings. The van der Waals surface area contributed by atoms with Gasteiger partial charge in [-0.1, -0.05) is 18.2 Å². The highest BCUT2D eigenvalue weighted by atomic mass is 16.5. The number of benzene rings is 1. The minimum Gasteiger partial charge on any atom is -0.494 e. The molecule has 2 rings (SSSR count). The first kappa shape index (κ1) is 12.9. The van der Waals surface area contributed by atoms with Crippen LogP contribution in [0.5, 0.6) is 5.75 Å². The van der Waals surface area contributed by atoms with Gasteiger partial charge in [-0.3, -0.25) is 4.79 Å². The number of ether oxygens (including phenoxy) is 1. The number of hydrogen-bond acceptors (Lipinski definition) is 3. The first-order valence-electron chi connectivity index (χ1n) is 6.52. The summed E-state index contributed by atoms with van der Waals surface area (Å²) in [7, 11) is 0. The number of hydrogen-bond donors (Lipinski definition) is 2. The average molecular weight is 248 g/mol. The van der Waals surface area contributed by atoms with E-state index in [-0.39, 0.29) is 5.91 Å². The molecule has 2 N–H and O–H groups in total. The highest BCUT2D eigenvalue weighted by Crippen LogP contribution is 2.08. The van der Waals surface area contributed by atoms with E-state index < -0.39 is 0 Å². The van der Waals surface area contributed by atoms with Crippen LogP contribution >= 0.6 is 0 Å². The Morgan fingerprint density at radius 3 is 2.94 bits per heavy atom. The van der Waals surface area contributed by atoms with Crippen molar-refractivity contribution in [3.63, 3.8) is 0 Å². The lowest BCUT2D eigenvalue weighted by Crippen LogP contribution is -2.36. The maximum Gasteiger partial charge on any atom is 0.220 e. The number of nitrogens with one attached hydrogen (secondary N) is 2. The minimum atomic E-state index is 0.125. The van der Waals surface area contributed by atoms with Gasteiger partial charge in [0.1, 0.15) is 5.75 Å². The monoisotopic (exact) mass is 248 g/mol. The zero-order valence-corrected chi connectivity index (χ0v) is 10.5. The van der Waals surface area contributed by atoms with Crippen LogP contribution in [0.15, 0.2) is 30.3 Å². The molecule has 1 heterocycles. The molecule has 4 nitrogen and oxygen atoms in total. The minimum absolute atomic E-state index is 0.125. The Bertz CT molecular complexity index is 361. The zero-order chi connectivity index (χ0) is 12.6. The number of carbonyl (C=O) groups is 1. The van der Waals surface area contributed by atoms with Crippen molar-refractivity contribution >= 4 is 5.91 Å². The maximum absolute atomic E-state index is 11.6. The molecule has 1 saturated heterocycles. The van der Waals surface area contributed by atoms with Crippen LogP contribution in [0.2, 0.25) is 0 Å². The smallest absolute Gasteiger partial charge is 0.220 e. The van der Waals surface area contributed by atoms with Gasteiger partial charge < -0.3 is 15.4 Å². The molecule has 4 heteroatoms. The number of rotatable bonds is 6. The van der Waals surface area contributed by atoms with Crippen molar-refractivity contribution in [1.82, 2.24) is 10.6 Å². The second kappa shape index (κ2) is 7.01. The molecule has 0 aromatic heterocycles. The summed E-state index contributed by atoms with van der Waals surface area (Å²) in [6, 6.07) is 9.99. The van der Waals surface area contributed by atoms with Crippen LogP contribution < -0.4 is 15.4 Å².